The average molecular weight is 266 g/mol. The summed E-state index contributed by atoms with van der Waals surface area (Å²) in [6.07, 6.45) is 0. The first-order valence-corrected chi connectivity index (χ1v) is 6.07. The van der Waals surface area contributed by atoms with Crippen molar-refractivity contribution in [3.8, 4) is 5.75 Å². The predicted octanol–water partition coefficient (Wildman–Crippen LogP) is 1.56. The molecule has 0 fully saturated rings. The Hall–Kier alpha value is -1.75. The number of aliphatic hydroxyl groups is 1. The quantitative estimate of drug-likeness (QED) is 0.722. The van der Waals surface area contributed by atoms with Crippen molar-refractivity contribution in [2.24, 2.45) is 0 Å². The summed E-state index contributed by atoms with van der Waals surface area (Å²) in [5.74, 6) is 0.109. The number of nitrogen functional groups attached to an aromatic ring is 1. The van der Waals surface area contributed by atoms with Crippen molar-refractivity contribution >= 4 is 11.6 Å². The minimum Gasteiger partial charge on any atom is -0.495 e. The Bertz CT molecular complexity index is 476. The highest BCUT2D eigenvalue weighted by molar-refractivity contribution is 6.00. The van der Waals surface area contributed by atoms with E-state index in [0.717, 1.165) is 0 Å². The van der Waals surface area contributed by atoms with Gasteiger partial charge in [-0.25, -0.2) is 0 Å². The van der Waals surface area contributed by atoms with Crippen LogP contribution >= 0.6 is 0 Å². The lowest BCUT2D eigenvalue weighted by Gasteiger charge is -2.38. The van der Waals surface area contributed by atoms with Crippen molar-refractivity contribution in [2.75, 3.05) is 12.8 Å². The molecule has 1 amide bonds. The highest BCUT2D eigenvalue weighted by Crippen LogP contribution is 2.26. The lowest BCUT2D eigenvalue weighted by atomic mass is 9.85. The smallest absolute Gasteiger partial charge is 0.254 e. The molecule has 0 saturated heterocycles. The number of hydrogen-bond donors (Lipinski definition) is 3. The van der Waals surface area contributed by atoms with Gasteiger partial charge in [0.25, 0.3) is 5.91 Å². The Morgan fingerprint density at radius 3 is 2.37 bits per heavy atom. The minimum atomic E-state index is -1.06. The first-order chi connectivity index (χ1) is 8.60. The third kappa shape index (κ3) is 3.17. The number of amides is 1. The lowest BCUT2D eigenvalue weighted by molar-refractivity contribution is -0.00291. The maximum absolute atomic E-state index is 12.2. The van der Waals surface area contributed by atoms with E-state index in [1.807, 2.05) is 0 Å². The fraction of sp³-hybridized carbons (Fsp3) is 0.500. The largest absolute Gasteiger partial charge is 0.495 e. The summed E-state index contributed by atoms with van der Waals surface area (Å²) in [5.41, 5.74) is 4.64. The average Bonchev–Trinajstić information content (AvgIpc) is 2.27. The second-order valence-electron chi connectivity index (χ2n) is 5.56. The van der Waals surface area contributed by atoms with Gasteiger partial charge in [0.15, 0.2) is 0 Å². The number of ether oxygens (including phenoxy) is 1. The van der Waals surface area contributed by atoms with Crippen LogP contribution in [-0.4, -0.2) is 29.3 Å². The van der Waals surface area contributed by atoms with E-state index < -0.39 is 11.1 Å². The molecule has 5 heteroatoms. The fourth-order valence-electron chi connectivity index (χ4n) is 1.42. The number of para-hydroxylation sites is 1. The van der Waals surface area contributed by atoms with Gasteiger partial charge in [-0.3, -0.25) is 4.79 Å². The van der Waals surface area contributed by atoms with Crippen LogP contribution in [-0.2, 0) is 0 Å². The Labute approximate surface area is 113 Å². The lowest BCUT2D eigenvalue weighted by Crippen LogP contribution is -2.57. The zero-order chi connectivity index (χ0) is 14.8. The number of carbonyl (C=O) groups is 1. The molecule has 1 rings (SSSR count). The number of anilines is 1. The number of carbonyl (C=O) groups excluding carboxylic acids is 1. The van der Waals surface area contributed by atoms with Gasteiger partial charge in [0.05, 0.1) is 29.5 Å². The summed E-state index contributed by atoms with van der Waals surface area (Å²) in [5, 5.41) is 12.8. The van der Waals surface area contributed by atoms with E-state index in [-0.39, 0.29) is 11.6 Å². The molecule has 0 aromatic heterocycles. The molecule has 4 N–H and O–H groups in total. The van der Waals surface area contributed by atoms with E-state index >= 15 is 0 Å². The van der Waals surface area contributed by atoms with E-state index in [1.54, 1.807) is 45.9 Å². The zero-order valence-electron chi connectivity index (χ0n) is 12.1. The second kappa shape index (κ2) is 5.09. The van der Waals surface area contributed by atoms with Crippen molar-refractivity contribution in [1.82, 2.24) is 5.32 Å². The van der Waals surface area contributed by atoms with Gasteiger partial charge >= 0.3 is 0 Å². The predicted molar refractivity (Wildman–Crippen MR) is 75.2 cm³/mol. The van der Waals surface area contributed by atoms with Crippen LogP contribution in [0.3, 0.4) is 0 Å². The third-order valence-corrected chi connectivity index (χ3v) is 3.49. The maximum atomic E-state index is 12.2. The van der Waals surface area contributed by atoms with Gasteiger partial charge in [0.2, 0.25) is 0 Å². The van der Waals surface area contributed by atoms with E-state index in [1.165, 1.54) is 7.11 Å². The molecule has 0 aliphatic heterocycles. The molecule has 0 unspecified atom stereocenters. The molecule has 1 aromatic carbocycles. The molecule has 0 spiro atoms. The van der Waals surface area contributed by atoms with Crippen LogP contribution < -0.4 is 15.8 Å². The zero-order valence-corrected chi connectivity index (χ0v) is 12.1. The standard InChI is InChI=1S/C14H22N2O3/c1-13(2,14(3,4)18)16-12(17)9-7-6-8-10(19-5)11(9)15/h6-8,18H,15H2,1-5H3,(H,16,17). The number of benzene rings is 1. The van der Waals surface area contributed by atoms with Crippen LogP contribution in [0.5, 0.6) is 5.75 Å². The monoisotopic (exact) mass is 266 g/mol. The Morgan fingerprint density at radius 2 is 1.89 bits per heavy atom. The molecule has 0 heterocycles. The van der Waals surface area contributed by atoms with Crippen LogP contribution in [0, 0.1) is 0 Å². The summed E-state index contributed by atoms with van der Waals surface area (Å²) in [4.78, 5) is 12.2. The topological polar surface area (TPSA) is 84.6 Å². The van der Waals surface area contributed by atoms with E-state index in [9.17, 15) is 9.90 Å². The number of nitrogens with one attached hydrogen (secondary N) is 1. The van der Waals surface area contributed by atoms with Crippen LogP contribution in [0.15, 0.2) is 18.2 Å². The van der Waals surface area contributed by atoms with Gasteiger partial charge in [-0.05, 0) is 39.8 Å². The summed E-state index contributed by atoms with van der Waals surface area (Å²) >= 11 is 0. The van der Waals surface area contributed by atoms with Gasteiger partial charge in [-0.2, -0.15) is 0 Å². The van der Waals surface area contributed by atoms with Crippen LogP contribution in [0.1, 0.15) is 38.1 Å². The number of nitrogens with two attached hydrogens (primary N) is 1. The van der Waals surface area contributed by atoms with Crippen molar-refractivity contribution in [2.45, 2.75) is 38.8 Å². The molecule has 5 nitrogen and oxygen atoms in total. The normalized spacial score (nSPS) is 12.1. The number of hydrogen-bond acceptors (Lipinski definition) is 4. The van der Waals surface area contributed by atoms with Crippen LogP contribution in [0.4, 0.5) is 5.69 Å². The van der Waals surface area contributed by atoms with Crippen molar-refractivity contribution in [3.63, 3.8) is 0 Å². The molecular weight excluding hydrogens is 244 g/mol. The van der Waals surface area contributed by atoms with Crippen molar-refractivity contribution in [1.29, 1.82) is 0 Å². The van der Waals surface area contributed by atoms with E-state index in [2.05, 4.69) is 5.32 Å². The Kier molecular flexibility index (Phi) is 4.10. The van der Waals surface area contributed by atoms with E-state index in [0.29, 0.717) is 11.3 Å². The molecule has 1 aromatic rings. The molecule has 0 aliphatic carbocycles. The van der Waals surface area contributed by atoms with Gasteiger partial charge in [-0.1, -0.05) is 6.07 Å². The number of rotatable bonds is 4. The summed E-state index contributed by atoms with van der Waals surface area (Å²) < 4.78 is 5.08. The molecule has 0 saturated carbocycles. The molecule has 0 atom stereocenters. The summed E-state index contributed by atoms with van der Waals surface area (Å²) in [6.45, 7) is 6.78. The Morgan fingerprint density at radius 1 is 1.32 bits per heavy atom. The summed E-state index contributed by atoms with van der Waals surface area (Å²) in [6, 6.07) is 5.00. The molecule has 0 radical (unpaired) electrons. The van der Waals surface area contributed by atoms with Crippen LogP contribution in [0.25, 0.3) is 0 Å². The minimum absolute atomic E-state index is 0.286. The molecular formula is C14H22N2O3. The van der Waals surface area contributed by atoms with Crippen molar-refractivity contribution < 1.29 is 14.6 Å². The first kappa shape index (κ1) is 15.3. The third-order valence-electron chi connectivity index (χ3n) is 3.49. The maximum Gasteiger partial charge on any atom is 0.254 e. The van der Waals surface area contributed by atoms with Crippen LogP contribution in [0.2, 0.25) is 0 Å². The SMILES string of the molecule is COc1cccc(C(=O)NC(C)(C)C(C)(C)O)c1N. The molecule has 19 heavy (non-hydrogen) atoms. The highest BCUT2D eigenvalue weighted by atomic mass is 16.5. The number of methoxy groups -OCH3 is 1. The van der Waals surface area contributed by atoms with Gasteiger partial charge < -0.3 is 20.9 Å². The second-order valence-corrected chi connectivity index (χ2v) is 5.56. The van der Waals surface area contributed by atoms with Gasteiger partial charge in [0.1, 0.15) is 5.75 Å². The molecule has 0 aliphatic rings. The molecule has 0 bridgehead atoms. The Balaban J connectivity index is 3.03. The summed E-state index contributed by atoms with van der Waals surface area (Å²) in [7, 11) is 1.49. The highest BCUT2D eigenvalue weighted by Gasteiger charge is 2.36. The first-order valence-electron chi connectivity index (χ1n) is 6.07. The van der Waals surface area contributed by atoms with Gasteiger partial charge in [0, 0.05) is 0 Å². The van der Waals surface area contributed by atoms with Gasteiger partial charge in [-0.15, -0.1) is 0 Å². The fourth-order valence-corrected chi connectivity index (χ4v) is 1.42. The van der Waals surface area contributed by atoms with E-state index in [4.69, 9.17) is 10.5 Å². The molecule has 106 valence electrons. The van der Waals surface area contributed by atoms with Crippen molar-refractivity contribution in [3.05, 3.63) is 23.8 Å².